The van der Waals surface area contributed by atoms with Gasteiger partial charge >= 0.3 is 0 Å². The van der Waals surface area contributed by atoms with Crippen molar-refractivity contribution < 1.29 is 4.42 Å². The van der Waals surface area contributed by atoms with Crippen LogP contribution in [0.1, 0.15) is 32.2 Å². The van der Waals surface area contributed by atoms with E-state index in [0.717, 1.165) is 29.0 Å². The average Bonchev–Trinajstić information content (AvgIpc) is 2.53. The minimum absolute atomic E-state index is 0.516. The lowest BCUT2D eigenvalue weighted by Gasteiger charge is -2.20. The van der Waals surface area contributed by atoms with Gasteiger partial charge < -0.3 is 9.73 Å². The normalized spacial score (nSPS) is 13.4. The maximum absolute atomic E-state index is 5.55. The minimum Gasteiger partial charge on any atom is -0.437 e. The van der Waals surface area contributed by atoms with Crippen molar-refractivity contribution in [2.75, 3.05) is 12.3 Å². The minimum atomic E-state index is 0.516. The maximum Gasteiger partial charge on any atom is 0.256 e. The number of aromatic nitrogens is 1. The first kappa shape index (κ1) is 13.6. The number of hydrogen-bond acceptors (Lipinski definition) is 4. The van der Waals surface area contributed by atoms with Crippen LogP contribution in [0, 0.1) is 19.8 Å². The Morgan fingerprint density at radius 1 is 1.38 bits per heavy atom. The Morgan fingerprint density at radius 2 is 2.06 bits per heavy atom. The molecule has 0 bridgehead atoms. The highest BCUT2D eigenvalue weighted by molar-refractivity contribution is 7.99. The topological polar surface area (TPSA) is 38.1 Å². The summed E-state index contributed by atoms with van der Waals surface area (Å²) in [6.07, 6.45) is 0. The fourth-order valence-corrected chi connectivity index (χ4v) is 2.63. The Hall–Kier alpha value is -0.480. The maximum atomic E-state index is 5.55. The van der Waals surface area contributed by atoms with Crippen LogP contribution in [-0.4, -0.2) is 23.3 Å². The van der Waals surface area contributed by atoms with Crippen LogP contribution in [0.4, 0.5) is 0 Å². The molecule has 0 aliphatic heterocycles. The van der Waals surface area contributed by atoms with E-state index in [-0.39, 0.29) is 0 Å². The van der Waals surface area contributed by atoms with Crippen molar-refractivity contribution in [3.05, 3.63) is 11.5 Å². The van der Waals surface area contributed by atoms with Crippen LogP contribution in [0.3, 0.4) is 0 Å². The van der Waals surface area contributed by atoms with Crippen molar-refractivity contribution in [2.45, 2.75) is 45.9 Å². The molecule has 0 aromatic carbocycles. The van der Waals surface area contributed by atoms with Gasteiger partial charge in [0.2, 0.25) is 0 Å². The second-order valence-electron chi connectivity index (χ2n) is 4.34. The summed E-state index contributed by atoms with van der Waals surface area (Å²) in [5.41, 5.74) is 0.993. The average molecular weight is 242 g/mol. The third-order valence-electron chi connectivity index (χ3n) is 2.67. The summed E-state index contributed by atoms with van der Waals surface area (Å²) in [6, 6.07) is 0.516. The van der Waals surface area contributed by atoms with Crippen LogP contribution < -0.4 is 5.32 Å². The number of nitrogens with zero attached hydrogens (tertiary/aromatic N) is 1. The molecular weight excluding hydrogens is 220 g/mol. The van der Waals surface area contributed by atoms with Crippen molar-refractivity contribution in [3.8, 4) is 0 Å². The number of nitrogens with one attached hydrogen (secondary N) is 1. The predicted octanol–water partition coefficient (Wildman–Crippen LogP) is 3.02. The molecule has 3 nitrogen and oxygen atoms in total. The third kappa shape index (κ3) is 3.83. The quantitative estimate of drug-likeness (QED) is 0.778. The van der Waals surface area contributed by atoms with Gasteiger partial charge in [0.25, 0.3) is 5.22 Å². The van der Waals surface area contributed by atoms with E-state index in [2.05, 4.69) is 31.1 Å². The van der Waals surface area contributed by atoms with Gasteiger partial charge in [-0.15, -0.1) is 0 Å². The molecule has 1 aromatic rings. The molecule has 0 aliphatic rings. The second-order valence-corrected chi connectivity index (χ2v) is 5.31. The fourth-order valence-electron chi connectivity index (χ4n) is 1.42. The van der Waals surface area contributed by atoms with Gasteiger partial charge in [0.05, 0.1) is 5.69 Å². The van der Waals surface area contributed by atoms with Crippen molar-refractivity contribution in [3.63, 3.8) is 0 Å². The van der Waals surface area contributed by atoms with E-state index < -0.39 is 0 Å². The molecule has 0 saturated carbocycles. The lowest BCUT2D eigenvalue weighted by Crippen LogP contribution is -2.35. The third-order valence-corrected chi connectivity index (χ3v) is 3.61. The van der Waals surface area contributed by atoms with Crippen molar-refractivity contribution in [1.29, 1.82) is 0 Å². The van der Waals surface area contributed by atoms with Gasteiger partial charge in [-0.2, -0.15) is 0 Å². The molecule has 1 atom stereocenters. The zero-order chi connectivity index (χ0) is 12.1. The Kier molecular flexibility index (Phi) is 5.35. The monoisotopic (exact) mass is 242 g/mol. The molecule has 0 amide bonds. The van der Waals surface area contributed by atoms with E-state index in [1.165, 1.54) is 0 Å². The molecule has 1 unspecified atom stereocenters. The van der Waals surface area contributed by atoms with E-state index in [1.807, 2.05) is 13.8 Å². The number of oxazole rings is 1. The molecule has 1 heterocycles. The molecule has 0 saturated heterocycles. The van der Waals surface area contributed by atoms with Crippen LogP contribution in [0.15, 0.2) is 9.64 Å². The smallest absolute Gasteiger partial charge is 0.256 e. The number of aryl methyl sites for hydroxylation is 2. The first-order valence-corrected chi connectivity index (χ1v) is 6.83. The van der Waals surface area contributed by atoms with E-state index in [1.54, 1.807) is 11.8 Å². The molecular formula is C12H22N2OS. The molecule has 0 fully saturated rings. The molecule has 0 spiro atoms. The van der Waals surface area contributed by atoms with Crippen molar-refractivity contribution in [2.24, 2.45) is 5.92 Å². The van der Waals surface area contributed by atoms with Crippen molar-refractivity contribution >= 4 is 11.8 Å². The van der Waals surface area contributed by atoms with Crippen LogP contribution in [0.5, 0.6) is 0 Å². The van der Waals surface area contributed by atoms with Crippen molar-refractivity contribution in [1.82, 2.24) is 10.3 Å². The number of hydrogen-bond donors (Lipinski definition) is 1. The summed E-state index contributed by atoms with van der Waals surface area (Å²) in [6.45, 7) is 11.6. The largest absolute Gasteiger partial charge is 0.437 e. The summed E-state index contributed by atoms with van der Waals surface area (Å²) >= 11 is 1.69. The van der Waals surface area contributed by atoms with Crippen LogP contribution >= 0.6 is 11.8 Å². The molecule has 1 aromatic heterocycles. The standard InChI is InChI=1S/C12H22N2OS/c1-6-13-11(8(2)3)7-16-12-14-9(4)10(5)15-12/h8,11,13H,6-7H2,1-5H3. The van der Waals surface area contributed by atoms with Crippen LogP contribution in [0.2, 0.25) is 0 Å². The Balaban J connectivity index is 2.48. The molecule has 1 N–H and O–H groups in total. The van der Waals surface area contributed by atoms with Crippen LogP contribution in [-0.2, 0) is 0 Å². The summed E-state index contributed by atoms with van der Waals surface area (Å²) in [4.78, 5) is 4.37. The Labute approximate surface area is 102 Å². The van der Waals surface area contributed by atoms with Gasteiger partial charge in [0.15, 0.2) is 0 Å². The number of rotatable bonds is 6. The molecule has 4 heteroatoms. The lowest BCUT2D eigenvalue weighted by molar-refractivity contribution is 0.423. The molecule has 1 rings (SSSR count). The highest BCUT2D eigenvalue weighted by Crippen LogP contribution is 2.22. The summed E-state index contributed by atoms with van der Waals surface area (Å²) < 4.78 is 5.55. The van der Waals surface area contributed by atoms with E-state index in [4.69, 9.17) is 4.42 Å². The molecule has 92 valence electrons. The number of thioether (sulfide) groups is 1. The lowest BCUT2D eigenvalue weighted by atomic mass is 10.1. The van der Waals surface area contributed by atoms with Gasteiger partial charge in [-0.25, -0.2) is 4.98 Å². The van der Waals surface area contributed by atoms with E-state index in [9.17, 15) is 0 Å². The predicted molar refractivity (Wildman–Crippen MR) is 69.0 cm³/mol. The first-order valence-electron chi connectivity index (χ1n) is 5.84. The summed E-state index contributed by atoms with van der Waals surface area (Å²) in [5, 5.41) is 4.27. The molecule has 0 radical (unpaired) electrons. The van der Waals surface area contributed by atoms with Crippen LogP contribution in [0.25, 0.3) is 0 Å². The zero-order valence-corrected chi connectivity index (χ0v) is 11.6. The highest BCUT2D eigenvalue weighted by atomic mass is 32.2. The Morgan fingerprint density at radius 3 is 2.50 bits per heavy atom. The van der Waals surface area contributed by atoms with Gasteiger partial charge in [-0.3, -0.25) is 0 Å². The second kappa shape index (κ2) is 6.30. The van der Waals surface area contributed by atoms with Gasteiger partial charge in [-0.05, 0) is 26.3 Å². The van der Waals surface area contributed by atoms with E-state index in [0.29, 0.717) is 12.0 Å². The fraction of sp³-hybridized carbons (Fsp3) is 0.750. The molecule has 0 aliphatic carbocycles. The summed E-state index contributed by atoms with van der Waals surface area (Å²) in [5.74, 6) is 2.56. The van der Waals surface area contributed by atoms with Gasteiger partial charge in [0.1, 0.15) is 5.76 Å². The zero-order valence-electron chi connectivity index (χ0n) is 10.8. The molecule has 16 heavy (non-hydrogen) atoms. The van der Waals surface area contributed by atoms with Gasteiger partial charge in [-0.1, -0.05) is 32.5 Å². The summed E-state index contributed by atoms with van der Waals surface area (Å²) in [7, 11) is 0. The first-order chi connectivity index (χ1) is 7.54. The van der Waals surface area contributed by atoms with Gasteiger partial charge in [0, 0.05) is 11.8 Å². The Bertz CT molecular complexity index is 303. The SMILES string of the molecule is CCNC(CSc1nc(C)c(C)o1)C(C)C. The van der Waals surface area contributed by atoms with E-state index >= 15 is 0 Å². The highest BCUT2D eigenvalue weighted by Gasteiger charge is 2.14.